The van der Waals surface area contributed by atoms with Crippen molar-refractivity contribution in [2.24, 2.45) is 7.05 Å². The van der Waals surface area contributed by atoms with Crippen LogP contribution in [0.4, 0.5) is 0 Å². The fourth-order valence-electron chi connectivity index (χ4n) is 1.97. The second-order valence-electron chi connectivity index (χ2n) is 3.86. The van der Waals surface area contributed by atoms with Crippen LogP contribution in [0.15, 0.2) is 29.8 Å². The van der Waals surface area contributed by atoms with Crippen molar-refractivity contribution in [3.05, 3.63) is 41.1 Å². The van der Waals surface area contributed by atoms with Crippen LogP contribution < -0.4 is 0 Å². The van der Waals surface area contributed by atoms with Gasteiger partial charge in [-0.3, -0.25) is 0 Å². The smallest absolute Gasteiger partial charge is 0.130 e. The van der Waals surface area contributed by atoms with Gasteiger partial charge in [-0.1, -0.05) is 18.2 Å². The third kappa shape index (κ3) is 1.68. The van der Waals surface area contributed by atoms with Gasteiger partial charge in [0.05, 0.1) is 0 Å². The molecule has 17 heavy (non-hydrogen) atoms. The number of allylic oxidation sites excluding steroid dienone is 1. The summed E-state index contributed by atoms with van der Waals surface area (Å²) in [6, 6.07) is 11.7. The van der Waals surface area contributed by atoms with Gasteiger partial charge in [-0.2, -0.15) is 10.5 Å². The van der Waals surface area contributed by atoms with Gasteiger partial charge in [-0.15, -0.1) is 0 Å². The number of fused-ring (bicyclic) bond motifs is 1. The molecule has 0 unspecified atom stereocenters. The lowest BCUT2D eigenvalue weighted by Gasteiger charge is -1.97. The van der Waals surface area contributed by atoms with Gasteiger partial charge in [0.15, 0.2) is 0 Å². The van der Waals surface area contributed by atoms with Gasteiger partial charge in [0, 0.05) is 29.2 Å². The van der Waals surface area contributed by atoms with Crippen LogP contribution in [0.2, 0.25) is 0 Å². The Morgan fingerprint density at radius 2 is 1.88 bits per heavy atom. The number of benzene rings is 1. The molecule has 3 nitrogen and oxygen atoms in total. The Morgan fingerprint density at radius 3 is 2.53 bits per heavy atom. The minimum absolute atomic E-state index is 0.129. The number of aryl methyl sites for hydroxylation is 1. The van der Waals surface area contributed by atoms with Gasteiger partial charge in [0.2, 0.25) is 0 Å². The fraction of sp³-hybridized carbons (Fsp3) is 0.143. The van der Waals surface area contributed by atoms with E-state index >= 15 is 0 Å². The summed E-state index contributed by atoms with van der Waals surface area (Å²) in [7, 11) is 1.98. The molecule has 0 saturated carbocycles. The van der Waals surface area contributed by atoms with Crippen LogP contribution in [0.5, 0.6) is 0 Å². The standard InChI is InChI=1S/C14H11N3/c1-10-13(7-11(8-15)9-16)12-5-3-4-6-14(12)17(10)2/h3-7H,1-2H3. The van der Waals surface area contributed by atoms with Gasteiger partial charge in [-0.05, 0) is 19.1 Å². The highest BCUT2D eigenvalue weighted by molar-refractivity contribution is 5.92. The van der Waals surface area contributed by atoms with Crippen LogP contribution in [0.1, 0.15) is 11.3 Å². The largest absolute Gasteiger partial charge is 0.347 e. The number of nitrogens with zero attached hydrogens (tertiary/aromatic N) is 3. The summed E-state index contributed by atoms with van der Waals surface area (Å²) < 4.78 is 2.06. The molecule has 1 heterocycles. The third-order valence-electron chi connectivity index (χ3n) is 2.98. The van der Waals surface area contributed by atoms with Crippen molar-refractivity contribution in [1.29, 1.82) is 10.5 Å². The summed E-state index contributed by atoms with van der Waals surface area (Å²) in [5, 5.41) is 18.7. The zero-order valence-corrected chi connectivity index (χ0v) is 9.73. The second kappa shape index (κ2) is 4.15. The number of aromatic nitrogens is 1. The first kappa shape index (κ1) is 11.0. The molecule has 3 heteroatoms. The van der Waals surface area contributed by atoms with Crippen LogP contribution in [0.25, 0.3) is 17.0 Å². The molecule has 0 amide bonds. The lowest BCUT2D eigenvalue weighted by molar-refractivity contribution is 0.916. The summed E-state index contributed by atoms with van der Waals surface area (Å²) in [5.74, 6) is 0. The SMILES string of the molecule is Cc1c(C=C(C#N)C#N)c2ccccc2n1C. The predicted molar refractivity (Wildman–Crippen MR) is 66.9 cm³/mol. The van der Waals surface area contributed by atoms with Crippen molar-refractivity contribution in [3.8, 4) is 12.1 Å². The van der Waals surface area contributed by atoms with Crippen LogP contribution in [0.3, 0.4) is 0 Å². The first-order chi connectivity index (χ1) is 8.19. The Balaban J connectivity index is 2.80. The molecule has 0 saturated heterocycles. The highest BCUT2D eigenvalue weighted by Crippen LogP contribution is 2.26. The minimum Gasteiger partial charge on any atom is -0.347 e. The van der Waals surface area contributed by atoms with Crippen LogP contribution in [-0.4, -0.2) is 4.57 Å². The maximum Gasteiger partial charge on any atom is 0.130 e. The first-order valence-corrected chi connectivity index (χ1v) is 5.25. The van der Waals surface area contributed by atoms with Gasteiger partial charge in [-0.25, -0.2) is 0 Å². The van der Waals surface area contributed by atoms with E-state index in [4.69, 9.17) is 10.5 Å². The molecule has 0 spiro atoms. The first-order valence-electron chi connectivity index (χ1n) is 5.25. The number of rotatable bonds is 1. The summed E-state index contributed by atoms with van der Waals surface area (Å²) in [5.41, 5.74) is 3.23. The molecule has 1 aromatic heterocycles. The van der Waals surface area contributed by atoms with Gasteiger partial charge in [0.1, 0.15) is 17.7 Å². The normalized spacial score (nSPS) is 9.65. The lowest BCUT2D eigenvalue weighted by atomic mass is 10.1. The molecule has 0 atom stereocenters. The Kier molecular flexibility index (Phi) is 2.68. The Bertz CT molecular complexity index is 675. The van der Waals surface area contributed by atoms with Crippen LogP contribution >= 0.6 is 0 Å². The number of hydrogen-bond acceptors (Lipinski definition) is 2. The molecule has 0 radical (unpaired) electrons. The van der Waals surface area contributed by atoms with Crippen molar-refractivity contribution < 1.29 is 0 Å². The van der Waals surface area contributed by atoms with E-state index in [9.17, 15) is 0 Å². The molecule has 1 aromatic carbocycles. The summed E-state index contributed by atoms with van der Waals surface area (Å²) in [6.07, 6.45) is 1.65. The highest BCUT2D eigenvalue weighted by Gasteiger charge is 2.09. The van der Waals surface area contributed by atoms with Crippen molar-refractivity contribution in [2.45, 2.75) is 6.92 Å². The molecule has 2 aromatic rings. The molecule has 0 aliphatic carbocycles. The van der Waals surface area contributed by atoms with E-state index in [-0.39, 0.29) is 5.57 Å². The predicted octanol–water partition coefficient (Wildman–Crippen LogP) is 2.92. The van der Waals surface area contributed by atoms with E-state index in [1.807, 2.05) is 50.4 Å². The number of para-hydroxylation sites is 1. The molecule has 0 N–H and O–H groups in total. The average molecular weight is 221 g/mol. The summed E-state index contributed by atoms with van der Waals surface area (Å²) >= 11 is 0. The van der Waals surface area contributed by atoms with E-state index < -0.39 is 0 Å². The van der Waals surface area contributed by atoms with Crippen molar-refractivity contribution in [2.75, 3.05) is 0 Å². The second-order valence-corrected chi connectivity index (χ2v) is 3.86. The Morgan fingerprint density at radius 1 is 1.24 bits per heavy atom. The lowest BCUT2D eigenvalue weighted by Crippen LogP contribution is -1.90. The average Bonchev–Trinajstić information content (AvgIpc) is 2.61. The van der Waals surface area contributed by atoms with Gasteiger partial charge in [0.25, 0.3) is 0 Å². The third-order valence-corrected chi connectivity index (χ3v) is 2.98. The van der Waals surface area contributed by atoms with Crippen LogP contribution in [-0.2, 0) is 7.05 Å². The van der Waals surface area contributed by atoms with E-state index in [2.05, 4.69) is 4.57 Å². The maximum atomic E-state index is 8.81. The van der Waals surface area contributed by atoms with Crippen molar-refractivity contribution >= 4 is 17.0 Å². The number of nitriles is 2. The zero-order chi connectivity index (χ0) is 12.4. The highest BCUT2D eigenvalue weighted by atomic mass is 14.9. The van der Waals surface area contributed by atoms with Crippen molar-refractivity contribution in [1.82, 2.24) is 4.57 Å². The van der Waals surface area contributed by atoms with E-state index in [0.717, 1.165) is 22.2 Å². The molecule has 82 valence electrons. The summed E-state index contributed by atoms with van der Waals surface area (Å²) in [6.45, 7) is 1.98. The quantitative estimate of drug-likeness (QED) is 0.695. The molecular formula is C14H11N3. The van der Waals surface area contributed by atoms with E-state index in [1.54, 1.807) is 6.08 Å². The maximum absolute atomic E-state index is 8.81. The zero-order valence-electron chi connectivity index (χ0n) is 9.73. The van der Waals surface area contributed by atoms with E-state index in [0.29, 0.717) is 0 Å². The van der Waals surface area contributed by atoms with Gasteiger partial charge >= 0.3 is 0 Å². The minimum atomic E-state index is 0.129. The fourth-order valence-corrected chi connectivity index (χ4v) is 1.97. The monoisotopic (exact) mass is 221 g/mol. The molecule has 0 bridgehead atoms. The summed E-state index contributed by atoms with van der Waals surface area (Å²) in [4.78, 5) is 0. The molecule has 0 aliphatic heterocycles. The number of hydrogen-bond donors (Lipinski definition) is 0. The molecule has 2 rings (SSSR count). The Hall–Kier alpha value is -2.52. The van der Waals surface area contributed by atoms with Crippen LogP contribution in [0, 0.1) is 29.6 Å². The van der Waals surface area contributed by atoms with Crippen molar-refractivity contribution in [3.63, 3.8) is 0 Å². The topological polar surface area (TPSA) is 52.5 Å². The molecule has 0 aliphatic rings. The molecular weight excluding hydrogens is 210 g/mol. The molecule has 0 fully saturated rings. The van der Waals surface area contributed by atoms with Gasteiger partial charge < -0.3 is 4.57 Å². The Labute approximate surface area is 99.8 Å². The van der Waals surface area contributed by atoms with E-state index in [1.165, 1.54) is 0 Å².